The summed E-state index contributed by atoms with van der Waals surface area (Å²) in [6.45, 7) is 2.19. The Morgan fingerprint density at radius 3 is 1.98 bits per heavy atom. The molecule has 0 aliphatic heterocycles. The highest BCUT2D eigenvalue weighted by Gasteiger charge is 2.23. The van der Waals surface area contributed by atoms with E-state index < -0.39 is 0 Å². The summed E-state index contributed by atoms with van der Waals surface area (Å²) in [4.78, 5) is 5.32. The minimum atomic E-state index is 0.963. The minimum absolute atomic E-state index is 0.963. The standard InChI is InChI=1S/C38H26N2S/c1-25-12-10-17-28-22-32-33(24-41-36(32)23-31(25)28)38-39-34-20-8-9-21-35(34)40(38)37-29(26-13-4-2-5-14-26)18-11-19-30(37)27-15-6-3-7-16-27/h2-24H,1H3. The molecule has 3 heteroatoms. The normalized spacial score (nSPS) is 11.5. The van der Waals surface area contributed by atoms with Crippen molar-refractivity contribution in [3.8, 4) is 39.3 Å². The van der Waals surface area contributed by atoms with E-state index >= 15 is 0 Å². The Kier molecular flexibility index (Phi) is 5.58. The van der Waals surface area contributed by atoms with Gasteiger partial charge >= 0.3 is 0 Å². The van der Waals surface area contributed by atoms with E-state index in [2.05, 4.69) is 150 Å². The first kappa shape index (κ1) is 23.9. The first-order valence-electron chi connectivity index (χ1n) is 13.9. The number of aromatic nitrogens is 2. The molecule has 0 amide bonds. The molecule has 0 atom stereocenters. The van der Waals surface area contributed by atoms with E-state index in [0.29, 0.717) is 0 Å². The number of imidazole rings is 1. The van der Waals surface area contributed by atoms with Crippen LogP contribution in [0.15, 0.2) is 139 Å². The van der Waals surface area contributed by atoms with Gasteiger partial charge in [-0.1, -0.05) is 109 Å². The smallest absolute Gasteiger partial charge is 0.147 e. The molecule has 0 spiro atoms. The van der Waals surface area contributed by atoms with Crippen molar-refractivity contribution in [1.29, 1.82) is 0 Å². The molecule has 0 bridgehead atoms. The SMILES string of the molecule is Cc1cccc2cc3c(-c4nc5ccccc5n4-c4c(-c5ccccc5)cccc4-c4ccccc4)csc3cc12. The molecule has 0 aliphatic rings. The summed E-state index contributed by atoms with van der Waals surface area (Å²) in [5.74, 6) is 0.963. The molecule has 0 fully saturated rings. The maximum atomic E-state index is 5.32. The lowest BCUT2D eigenvalue weighted by Gasteiger charge is -2.19. The lowest BCUT2D eigenvalue weighted by molar-refractivity contribution is 1.11. The fraction of sp³-hybridized carbons (Fsp3) is 0.0263. The summed E-state index contributed by atoms with van der Waals surface area (Å²) in [6.07, 6.45) is 0. The molecule has 0 N–H and O–H groups in total. The van der Waals surface area contributed by atoms with Gasteiger partial charge in [0.25, 0.3) is 0 Å². The predicted octanol–water partition coefficient (Wildman–Crippen LogP) is 10.7. The zero-order chi connectivity index (χ0) is 27.3. The number of benzene rings is 6. The number of fused-ring (bicyclic) bond motifs is 3. The second-order valence-corrected chi connectivity index (χ2v) is 11.4. The van der Waals surface area contributed by atoms with Gasteiger partial charge in [-0.15, -0.1) is 11.3 Å². The second kappa shape index (κ2) is 9.58. The molecule has 0 radical (unpaired) electrons. The Hall–Kier alpha value is -4.99. The molecule has 2 aromatic heterocycles. The molecular formula is C38H26N2S. The van der Waals surface area contributed by atoms with E-state index in [1.807, 2.05) is 0 Å². The Morgan fingerprint density at radius 2 is 1.24 bits per heavy atom. The fourth-order valence-corrected chi connectivity index (χ4v) is 7.01. The Morgan fingerprint density at radius 1 is 0.585 bits per heavy atom. The van der Waals surface area contributed by atoms with Crippen LogP contribution in [0.25, 0.3) is 71.2 Å². The molecule has 8 rings (SSSR count). The van der Waals surface area contributed by atoms with E-state index in [1.54, 1.807) is 11.3 Å². The Labute approximate surface area is 242 Å². The molecule has 0 saturated heterocycles. The molecule has 41 heavy (non-hydrogen) atoms. The van der Waals surface area contributed by atoms with Gasteiger partial charge in [-0.3, -0.25) is 4.57 Å². The maximum Gasteiger partial charge on any atom is 0.147 e. The number of nitrogens with zero attached hydrogens (tertiary/aromatic N) is 2. The number of hydrogen-bond donors (Lipinski definition) is 0. The van der Waals surface area contributed by atoms with E-state index in [0.717, 1.165) is 28.1 Å². The molecule has 8 aromatic rings. The van der Waals surface area contributed by atoms with Gasteiger partial charge in [0.05, 0.1) is 16.7 Å². The van der Waals surface area contributed by atoms with Crippen molar-refractivity contribution in [2.24, 2.45) is 0 Å². The molecule has 0 aliphatic carbocycles. The van der Waals surface area contributed by atoms with Gasteiger partial charge in [-0.2, -0.15) is 0 Å². The highest BCUT2D eigenvalue weighted by Crippen LogP contribution is 2.43. The van der Waals surface area contributed by atoms with Gasteiger partial charge in [0.2, 0.25) is 0 Å². The van der Waals surface area contributed by atoms with Crippen LogP contribution in [0.1, 0.15) is 5.56 Å². The molecule has 2 nitrogen and oxygen atoms in total. The summed E-state index contributed by atoms with van der Waals surface area (Å²) in [5.41, 5.74) is 10.4. The average Bonchev–Trinajstić information content (AvgIpc) is 3.62. The van der Waals surface area contributed by atoms with Gasteiger partial charge < -0.3 is 0 Å². The monoisotopic (exact) mass is 542 g/mol. The van der Waals surface area contributed by atoms with Gasteiger partial charge in [-0.25, -0.2) is 4.98 Å². The zero-order valence-corrected chi connectivity index (χ0v) is 23.4. The quantitative estimate of drug-likeness (QED) is 0.216. The van der Waals surface area contributed by atoms with Crippen molar-refractivity contribution in [3.05, 3.63) is 144 Å². The molecule has 194 valence electrons. The Bertz CT molecular complexity index is 2150. The van der Waals surface area contributed by atoms with Crippen molar-refractivity contribution in [1.82, 2.24) is 9.55 Å². The lowest BCUT2D eigenvalue weighted by atomic mass is 9.95. The third-order valence-corrected chi connectivity index (χ3v) is 8.97. The van der Waals surface area contributed by atoms with E-state index in [1.165, 1.54) is 48.7 Å². The number of thiophene rings is 1. The van der Waals surface area contributed by atoms with Crippen molar-refractivity contribution in [2.45, 2.75) is 6.92 Å². The molecule has 6 aromatic carbocycles. The van der Waals surface area contributed by atoms with E-state index in [4.69, 9.17) is 4.98 Å². The number of rotatable bonds is 4. The third kappa shape index (κ3) is 3.89. The van der Waals surface area contributed by atoms with Crippen LogP contribution in [-0.2, 0) is 0 Å². The summed E-state index contributed by atoms with van der Waals surface area (Å²) in [7, 11) is 0. The van der Waals surface area contributed by atoms with Gasteiger partial charge in [0, 0.05) is 32.2 Å². The van der Waals surface area contributed by atoms with Crippen LogP contribution in [0.2, 0.25) is 0 Å². The van der Waals surface area contributed by atoms with Crippen molar-refractivity contribution < 1.29 is 0 Å². The molecular weight excluding hydrogens is 516 g/mol. The Balaban J connectivity index is 1.50. The van der Waals surface area contributed by atoms with Crippen LogP contribution < -0.4 is 0 Å². The van der Waals surface area contributed by atoms with Crippen LogP contribution in [0.5, 0.6) is 0 Å². The summed E-state index contributed by atoms with van der Waals surface area (Å²) in [5, 5.41) is 6.09. The van der Waals surface area contributed by atoms with Crippen LogP contribution in [0.4, 0.5) is 0 Å². The van der Waals surface area contributed by atoms with Gasteiger partial charge in [0.1, 0.15) is 5.82 Å². The van der Waals surface area contributed by atoms with Crippen LogP contribution >= 0.6 is 11.3 Å². The first-order valence-corrected chi connectivity index (χ1v) is 14.8. The van der Waals surface area contributed by atoms with Crippen LogP contribution in [-0.4, -0.2) is 9.55 Å². The van der Waals surface area contributed by atoms with Crippen LogP contribution in [0, 0.1) is 6.92 Å². The summed E-state index contributed by atoms with van der Waals surface area (Å²) >= 11 is 1.79. The predicted molar refractivity (Wildman–Crippen MR) is 175 cm³/mol. The molecule has 2 heterocycles. The molecule has 0 saturated carbocycles. The summed E-state index contributed by atoms with van der Waals surface area (Å²) < 4.78 is 3.67. The largest absolute Gasteiger partial charge is 0.291 e. The zero-order valence-electron chi connectivity index (χ0n) is 22.6. The number of para-hydroxylation sites is 3. The van der Waals surface area contributed by atoms with Crippen LogP contribution in [0.3, 0.4) is 0 Å². The fourth-order valence-electron chi connectivity index (χ4n) is 6.05. The first-order chi connectivity index (χ1) is 20.3. The van der Waals surface area contributed by atoms with Gasteiger partial charge in [-0.05, 0) is 58.7 Å². The highest BCUT2D eigenvalue weighted by molar-refractivity contribution is 7.17. The second-order valence-electron chi connectivity index (χ2n) is 10.5. The highest BCUT2D eigenvalue weighted by atomic mass is 32.1. The van der Waals surface area contributed by atoms with E-state index in [9.17, 15) is 0 Å². The number of aryl methyl sites for hydroxylation is 1. The average molecular weight is 543 g/mol. The lowest BCUT2D eigenvalue weighted by Crippen LogP contribution is -2.03. The van der Waals surface area contributed by atoms with Crippen molar-refractivity contribution in [2.75, 3.05) is 0 Å². The maximum absolute atomic E-state index is 5.32. The summed E-state index contributed by atoms with van der Waals surface area (Å²) in [6, 6.07) is 47.7. The van der Waals surface area contributed by atoms with Crippen molar-refractivity contribution in [3.63, 3.8) is 0 Å². The van der Waals surface area contributed by atoms with E-state index in [-0.39, 0.29) is 0 Å². The number of hydrogen-bond acceptors (Lipinski definition) is 2. The molecule has 0 unspecified atom stereocenters. The third-order valence-electron chi connectivity index (χ3n) is 8.02. The van der Waals surface area contributed by atoms with Gasteiger partial charge in [0.15, 0.2) is 0 Å². The topological polar surface area (TPSA) is 17.8 Å². The van der Waals surface area contributed by atoms with Crippen molar-refractivity contribution >= 4 is 43.2 Å². The minimum Gasteiger partial charge on any atom is -0.291 e.